The molecule has 0 radical (unpaired) electrons. The molecule has 3 heteroatoms. The van der Waals surface area contributed by atoms with Gasteiger partial charge in [0.15, 0.2) is 0 Å². The van der Waals surface area contributed by atoms with Gasteiger partial charge in [0.05, 0.1) is 12.7 Å². The van der Waals surface area contributed by atoms with Crippen LogP contribution in [0.3, 0.4) is 0 Å². The van der Waals surface area contributed by atoms with Crippen LogP contribution >= 0.6 is 0 Å². The molecule has 2 aromatic carbocycles. The van der Waals surface area contributed by atoms with Crippen molar-refractivity contribution in [3.8, 4) is 0 Å². The van der Waals surface area contributed by atoms with E-state index in [1.54, 1.807) is 0 Å². The Morgan fingerprint density at radius 2 is 1.59 bits per heavy atom. The van der Waals surface area contributed by atoms with E-state index < -0.39 is 0 Å². The topological polar surface area (TPSA) is 21.7 Å². The highest BCUT2D eigenvalue weighted by molar-refractivity contribution is 5.47. The van der Waals surface area contributed by atoms with Gasteiger partial charge in [0, 0.05) is 11.1 Å². The van der Waals surface area contributed by atoms with Crippen molar-refractivity contribution in [2.24, 2.45) is 0 Å². The molecule has 1 unspecified atom stereocenters. The molecule has 1 heterocycles. The molecule has 0 spiro atoms. The van der Waals surface area contributed by atoms with E-state index in [2.05, 4.69) is 94.8 Å². The molecule has 1 fully saturated rings. The predicted octanol–water partition coefficient (Wildman–Crippen LogP) is 6.56. The van der Waals surface area contributed by atoms with Crippen LogP contribution in [0.1, 0.15) is 70.3 Å². The Bertz CT molecular complexity index is 777. The summed E-state index contributed by atoms with van der Waals surface area (Å²) < 4.78 is 6.34. The Morgan fingerprint density at radius 1 is 1.00 bits per heavy atom. The largest absolute Gasteiger partial charge is 0.373 e. The zero-order chi connectivity index (χ0) is 21.1. The van der Waals surface area contributed by atoms with E-state index >= 15 is 0 Å². The fourth-order valence-corrected chi connectivity index (χ4v) is 4.48. The molecule has 3 nitrogen and oxygen atoms in total. The van der Waals surface area contributed by atoms with E-state index in [4.69, 9.17) is 9.57 Å². The maximum Gasteiger partial charge on any atom is 0.102 e. The third-order valence-electron chi connectivity index (χ3n) is 5.79. The summed E-state index contributed by atoms with van der Waals surface area (Å²) in [5.74, 6) is 0. The Kier molecular flexibility index (Phi) is 6.62. The third kappa shape index (κ3) is 5.36. The first-order valence-corrected chi connectivity index (χ1v) is 10.6. The maximum atomic E-state index is 6.51. The highest BCUT2D eigenvalue weighted by Crippen LogP contribution is 2.41. The van der Waals surface area contributed by atoms with Gasteiger partial charge in [0.1, 0.15) is 6.10 Å². The second-order valence-electron chi connectivity index (χ2n) is 9.36. The van der Waals surface area contributed by atoms with Crippen molar-refractivity contribution in [2.75, 3.05) is 0 Å². The summed E-state index contributed by atoms with van der Waals surface area (Å²) in [5, 5.41) is 2.20. The minimum atomic E-state index is -0.123. The van der Waals surface area contributed by atoms with Crippen molar-refractivity contribution in [1.82, 2.24) is 5.06 Å². The molecule has 1 aliphatic heterocycles. The Labute approximate surface area is 176 Å². The van der Waals surface area contributed by atoms with Gasteiger partial charge in [-0.15, -0.1) is 0 Å². The summed E-state index contributed by atoms with van der Waals surface area (Å²) >= 11 is 0. The molecule has 1 atom stereocenters. The molecule has 1 aliphatic rings. The summed E-state index contributed by atoms with van der Waals surface area (Å²) in [6.07, 6.45) is 3.94. The second kappa shape index (κ2) is 8.83. The molecule has 2 aromatic rings. The average molecular weight is 394 g/mol. The van der Waals surface area contributed by atoms with Crippen molar-refractivity contribution in [3.05, 3.63) is 77.9 Å². The Morgan fingerprint density at radius 3 is 2.14 bits per heavy atom. The van der Waals surface area contributed by atoms with Gasteiger partial charge in [-0.2, -0.15) is 5.06 Å². The van der Waals surface area contributed by atoms with Crippen LogP contribution in [0, 0.1) is 0 Å². The second-order valence-corrected chi connectivity index (χ2v) is 9.36. The van der Waals surface area contributed by atoms with Crippen molar-refractivity contribution in [3.63, 3.8) is 0 Å². The molecule has 156 valence electrons. The highest BCUT2D eigenvalue weighted by atomic mass is 16.7. The van der Waals surface area contributed by atoms with Crippen LogP contribution in [0.4, 0.5) is 0 Å². The molecule has 0 aliphatic carbocycles. The SMILES string of the molecule is C=Cc1ccc(COC2CC(C)(C)N(OC(C)c3ccccc3)C(C)(C)C2)cc1. The van der Waals surface area contributed by atoms with Gasteiger partial charge in [0.25, 0.3) is 0 Å². The van der Waals surface area contributed by atoms with Gasteiger partial charge >= 0.3 is 0 Å². The number of rotatable bonds is 7. The van der Waals surface area contributed by atoms with Crippen molar-refractivity contribution in [1.29, 1.82) is 0 Å². The van der Waals surface area contributed by atoms with Gasteiger partial charge < -0.3 is 4.74 Å². The summed E-state index contributed by atoms with van der Waals surface area (Å²) in [6.45, 7) is 15.6. The minimum absolute atomic E-state index is 0.00981. The van der Waals surface area contributed by atoms with Crippen molar-refractivity contribution < 1.29 is 9.57 Å². The predicted molar refractivity (Wildman–Crippen MR) is 120 cm³/mol. The number of hydroxylamine groups is 2. The lowest BCUT2D eigenvalue weighted by atomic mass is 9.80. The molecule has 0 saturated carbocycles. The number of benzene rings is 2. The first kappa shape index (κ1) is 21.8. The molecular formula is C26H35NO2. The molecule has 0 aromatic heterocycles. The van der Waals surface area contributed by atoms with Gasteiger partial charge in [0.2, 0.25) is 0 Å². The van der Waals surface area contributed by atoms with E-state index in [1.165, 1.54) is 11.1 Å². The quantitative estimate of drug-likeness (QED) is 0.531. The van der Waals surface area contributed by atoms with Gasteiger partial charge in [-0.1, -0.05) is 67.3 Å². The van der Waals surface area contributed by atoms with E-state index in [1.807, 2.05) is 12.1 Å². The molecule has 0 bridgehead atoms. The van der Waals surface area contributed by atoms with E-state index in [0.717, 1.165) is 18.4 Å². The fourth-order valence-electron chi connectivity index (χ4n) is 4.48. The summed E-state index contributed by atoms with van der Waals surface area (Å²) in [4.78, 5) is 6.51. The molecule has 0 N–H and O–H groups in total. The van der Waals surface area contributed by atoms with Crippen molar-refractivity contribution in [2.45, 2.75) is 77.4 Å². The molecule has 0 amide bonds. The number of hydrogen-bond donors (Lipinski definition) is 0. The zero-order valence-electron chi connectivity index (χ0n) is 18.5. The highest BCUT2D eigenvalue weighted by Gasteiger charge is 2.47. The Balaban J connectivity index is 1.65. The summed E-state index contributed by atoms with van der Waals surface area (Å²) in [5.41, 5.74) is 3.28. The van der Waals surface area contributed by atoms with Crippen LogP contribution in [0.25, 0.3) is 6.08 Å². The molecular weight excluding hydrogens is 358 g/mol. The van der Waals surface area contributed by atoms with Crippen LogP contribution in [0.5, 0.6) is 0 Å². The summed E-state index contributed by atoms with van der Waals surface area (Å²) in [6, 6.07) is 18.8. The van der Waals surface area contributed by atoms with Crippen LogP contribution in [0.15, 0.2) is 61.2 Å². The molecule has 3 rings (SSSR count). The van der Waals surface area contributed by atoms with E-state index in [-0.39, 0.29) is 23.3 Å². The first-order chi connectivity index (χ1) is 13.7. The zero-order valence-corrected chi connectivity index (χ0v) is 18.5. The van der Waals surface area contributed by atoms with E-state index in [9.17, 15) is 0 Å². The van der Waals surface area contributed by atoms with E-state index in [0.29, 0.717) is 6.61 Å². The molecule has 29 heavy (non-hydrogen) atoms. The van der Waals surface area contributed by atoms with Crippen molar-refractivity contribution >= 4 is 6.08 Å². The number of piperidine rings is 1. The lowest BCUT2D eigenvalue weighted by Gasteiger charge is -2.54. The van der Waals surface area contributed by atoms with Crippen LogP contribution < -0.4 is 0 Å². The van der Waals surface area contributed by atoms with Crippen LogP contribution in [0.2, 0.25) is 0 Å². The number of hydrogen-bond acceptors (Lipinski definition) is 3. The van der Waals surface area contributed by atoms with Gasteiger partial charge in [-0.25, -0.2) is 0 Å². The van der Waals surface area contributed by atoms with Crippen LogP contribution in [-0.4, -0.2) is 22.2 Å². The lowest BCUT2D eigenvalue weighted by molar-refractivity contribution is -0.316. The Hall–Kier alpha value is -1.94. The number of nitrogens with zero attached hydrogens (tertiary/aromatic N) is 1. The average Bonchev–Trinajstić information content (AvgIpc) is 2.69. The molecule has 1 saturated heterocycles. The summed E-state index contributed by atoms with van der Waals surface area (Å²) in [7, 11) is 0. The van der Waals surface area contributed by atoms with Gasteiger partial charge in [-0.05, 0) is 64.2 Å². The standard InChI is InChI=1S/C26H35NO2/c1-7-21-13-15-22(16-14-21)19-28-24-17-25(3,4)27(26(5,6)18-24)29-20(2)23-11-9-8-10-12-23/h7-16,20,24H,1,17-19H2,2-6H3. The maximum absolute atomic E-state index is 6.51. The third-order valence-corrected chi connectivity index (χ3v) is 5.79. The lowest BCUT2D eigenvalue weighted by Crippen LogP contribution is -2.62. The monoisotopic (exact) mass is 393 g/mol. The normalized spacial score (nSPS) is 20.3. The minimum Gasteiger partial charge on any atom is -0.373 e. The first-order valence-electron chi connectivity index (χ1n) is 10.6. The smallest absolute Gasteiger partial charge is 0.102 e. The number of ether oxygens (including phenoxy) is 1. The van der Waals surface area contributed by atoms with Gasteiger partial charge in [-0.3, -0.25) is 4.84 Å². The van der Waals surface area contributed by atoms with Crippen LogP contribution in [-0.2, 0) is 16.2 Å². The fraction of sp³-hybridized carbons (Fsp3) is 0.462.